The summed E-state index contributed by atoms with van der Waals surface area (Å²) in [4.78, 5) is 4.15. The third-order valence-electron chi connectivity index (χ3n) is 2.86. The van der Waals surface area contributed by atoms with Crippen LogP contribution in [-0.2, 0) is 0 Å². The van der Waals surface area contributed by atoms with Gasteiger partial charge in [0.2, 0.25) is 0 Å². The Morgan fingerprint density at radius 1 is 1.39 bits per heavy atom. The monoisotopic (exact) mass is 261 g/mol. The lowest BCUT2D eigenvalue weighted by Gasteiger charge is -2.20. The van der Waals surface area contributed by atoms with Crippen molar-refractivity contribution in [1.82, 2.24) is 4.98 Å². The molecule has 0 saturated heterocycles. The van der Waals surface area contributed by atoms with E-state index in [2.05, 4.69) is 17.2 Å². The van der Waals surface area contributed by atoms with Gasteiger partial charge in [-0.3, -0.25) is 4.98 Å². The van der Waals surface area contributed by atoms with E-state index in [4.69, 9.17) is 17.3 Å². The summed E-state index contributed by atoms with van der Waals surface area (Å²) >= 11 is 5.97. The number of pyridine rings is 1. The minimum atomic E-state index is 0.0390. The Kier molecular flexibility index (Phi) is 4.18. The summed E-state index contributed by atoms with van der Waals surface area (Å²) in [6.45, 7) is 2.55. The highest BCUT2D eigenvalue weighted by Gasteiger charge is 2.12. The second-order valence-electron chi connectivity index (χ2n) is 4.18. The van der Waals surface area contributed by atoms with Crippen LogP contribution in [0.5, 0.6) is 0 Å². The Labute approximate surface area is 112 Å². The number of nitrogens with two attached hydrogens (primary N) is 1. The van der Waals surface area contributed by atoms with Gasteiger partial charge in [-0.15, -0.1) is 0 Å². The number of nitrogens with one attached hydrogen (secondary N) is 1. The number of anilines is 1. The quantitative estimate of drug-likeness (QED) is 0.889. The van der Waals surface area contributed by atoms with E-state index in [-0.39, 0.29) is 6.04 Å². The van der Waals surface area contributed by atoms with Crippen LogP contribution in [0.4, 0.5) is 5.69 Å². The zero-order chi connectivity index (χ0) is 13.0. The number of nitrogens with zero attached hydrogens (tertiary/aromatic N) is 1. The van der Waals surface area contributed by atoms with Crippen molar-refractivity contribution in [1.29, 1.82) is 0 Å². The van der Waals surface area contributed by atoms with Gasteiger partial charge < -0.3 is 11.1 Å². The zero-order valence-electron chi connectivity index (χ0n) is 10.2. The van der Waals surface area contributed by atoms with E-state index in [0.29, 0.717) is 11.6 Å². The number of hydrogen-bond acceptors (Lipinski definition) is 3. The number of halogens is 1. The van der Waals surface area contributed by atoms with Gasteiger partial charge in [-0.2, -0.15) is 0 Å². The molecular weight excluding hydrogens is 246 g/mol. The molecule has 2 aromatic rings. The molecule has 0 fully saturated rings. The average molecular weight is 262 g/mol. The fourth-order valence-electron chi connectivity index (χ4n) is 1.88. The zero-order valence-corrected chi connectivity index (χ0v) is 11.0. The van der Waals surface area contributed by atoms with Crippen LogP contribution in [0.25, 0.3) is 0 Å². The first-order valence-electron chi connectivity index (χ1n) is 5.83. The molecule has 94 valence electrons. The van der Waals surface area contributed by atoms with Crippen molar-refractivity contribution >= 4 is 17.3 Å². The van der Waals surface area contributed by atoms with Crippen molar-refractivity contribution in [3.63, 3.8) is 0 Å². The van der Waals surface area contributed by atoms with Gasteiger partial charge in [-0.05, 0) is 42.3 Å². The molecule has 1 aromatic heterocycles. The second kappa shape index (κ2) is 5.85. The van der Waals surface area contributed by atoms with Crippen molar-refractivity contribution in [2.24, 2.45) is 5.73 Å². The molecule has 0 aliphatic carbocycles. The predicted octanol–water partition coefficient (Wildman–Crippen LogP) is 3.16. The summed E-state index contributed by atoms with van der Waals surface area (Å²) in [5, 5.41) is 4.08. The number of aromatic nitrogens is 1. The van der Waals surface area contributed by atoms with Gasteiger partial charge in [0.15, 0.2) is 0 Å². The van der Waals surface area contributed by atoms with Crippen molar-refractivity contribution in [2.45, 2.75) is 13.0 Å². The van der Waals surface area contributed by atoms with Gasteiger partial charge >= 0.3 is 0 Å². The molecule has 0 saturated carbocycles. The Balaban J connectivity index is 2.23. The summed E-state index contributed by atoms with van der Waals surface area (Å²) in [5.41, 5.74) is 9.08. The molecule has 0 aliphatic rings. The van der Waals surface area contributed by atoms with Gasteiger partial charge in [0.1, 0.15) is 0 Å². The second-order valence-corrected chi connectivity index (χ2v) is 4.61. The van der Waals surface area contributed by atoms with Crippen LogP contribution in [0.3, 0.4) is 0 Å². The molecule has 0 aliphatic heterocycles. The molecule has 2 rings (SSSR count). The van der Waals surface area contributed by atoms with Crippen LogP contribution in [-0.4, -0.2) is 11.5 Å². The minimum absolute atomic E-state index is 0.0390. The van der Waals surface area contributed by atoms with Crippen LogP contribution < -0.4 is 11.1 Å². The summed E-state index contributed by atoms with van der Waals surface area (Å²) in [6.07, 6.45) is 3.64. The Bertz CT molecular complexity index is 528. The highest BCUT2D eigenvalue weighted by molar-refractivity contribution is 6.30. The summed E-state index contributed by atoms with van der Waals surface area (Å²) in [7, 11) is 0. The Morgan fingerprint density at radius 3 is 2.89 bits per heavy atom. The largest absolute Gasteiger partial charge is 0.377 e. The first-order valence-corrected chi connectivity index (χ1v) is 6.21. The number of benzene rings is 1. The van der Waals surface area contributed by atoms with E-state index in [1.54, 1.807) is 6.20 Å². The van der Waals surface area contributed by atoms with Crippen LogP contribution in [0, 0.1) is 6.92 Å². The van der Waals surface area contributed by atoms with E-state index in [0.717, 1.165) is 11.3 Å². The number of aryl methyl sites for hydroxylation is 1. The van der Waals surface area contributed by atoms with E-state index < -0.39 is 0 Å². The topological polar surface area (TPSA) is 50.9 Å². The van der Waals surface area contributed by atoms with Gasteiger partial charge in [-0.1, -0.05) is 17.7 Å². The molecule has 1 atom stereocenters. The van der Waals surface area contributed by atoms with Gasteiger partial charge in [0, 0.05) is 29.6 Å². The van der Waals surface area contributed by atoms with Crippen LogP contribution >= 0.6 is 11.6 Å². The van der Waals surface area contributed by atoms with Crippen LogP contribution in [0.2, 0.25) is 5.02 Å². The molecule has 0 bridgehead atoms. The predicted molar refractivity (Wildman–Crippen MR) is 75.8 cm³/mol. The average Bonchev–Trinajstić information content (AvgIpc) is 2.37. The van der Waals surface area contributed by atoms with E-state index >= 15 is 0 Å². The highest BCUT2D eigenvalue weighted by atomic mass is 35.5. The summed E-state index contributed by atoms with van der Waals surface area (Å²) in [5.74, 6) is 0. The number of rotatable bonds is 4. The fourth-order valence-corrected chi connectivity index (χ4v) is 2.07. The van der Waals surface area contributed by atoms with E-state index in [1.165, 1.54) is 5.56 Å². The molecule has 1 aromatic carbocycles. The summed E-state index contributed by atoms with van der Waals surface area (Å²) in [6, 6.07) is 9.64. The van der Waals surface area contributed by atoms with Crippen LogP contribution in [0.15, 0.2) is 42.7 Å². The maximum absolute atomic E-state index is 5.97. The molecule has 1 heterocycles. The Hall–Kier alpha value is -1.58. The minimum Gasteiger partial charge on any atom is -0.377 e. The molecule has 0 spiro atoms. The van der Waals surface area contributed by atoms with Crippen molar-refractivity contribution < 1.29 is 0 Å². The first-order chi connectivity index (χ1) is 8.70. The maximum atomic E-state index is 5.97. The lowest BCUT2D eigenvalue weighted by molar-refractivity contribution is 0.778. The third kappa shape index (κ3) is 3.00. The lowest BCUT2D eigenvalue weighted by atomic mass is 10.0. The third-order valence-corrected chi connectivity index (χ3v) is 3.09. The fraction of sp³-hybridized carbons (Fsp3) is 0.214. The first kappa shape index (κ1) is 12.9. The van der Waals surface area contributed by atoms with Crippen LogP contribution in [0.1, 0.15) is 17.2 Å². The molecule has 1 unspecified atom stereocenters. The molecule has 3 N–H and O–H groups in total. The van der Waals surface area contributed by atoms with Gasteiger partial charge in [0.05, 0.1) is 6.04 Å². The lowest BCUT2D eigenvalue weighted by Crippen LogP contribution is -2.21. The molecule has 4 heteroatoms. The molecule has 0 amide bonds. The number of hydrogen-bond donors (Lipinski definition) is 2. The van der Waals surface area contributed by atoms with E-state index in [1.807, 2.05) is 36.5 Å². The van der Waals surface area contributed by atoms with Gasteiger partial charge in [0.25, 0.3) is 0 Å². The summed E-state index contributed by atoms with van der Waals surface area (Å²) < 4.78 is 0. The smallest absolute Gasteiger partial charge is 0.0653 e. The maximum Gasteiger partial charge on any atom is 0.0653 e. The van der Waals surface area contributed by atoms with E-state index in [9.17, 15) is 0 Å². The molecule has 3 nitrogen and oxygen atoms in total. The van der Waals surface area contributed by atoms with Crippen molar-refractivity contribution in [2.75, 3.05) is 11.9 Å². The van der Waals surface area contributed by atoms with Crippen molar-refractivity contribution in [3.05, 3.63) is 58.9 Å². The van der Waals surface area contributed by atoms with Crippen molar-refractivity contribution in [3.8, 4) is 0 Å². The molecular formula is C14H16ClN3. The normalized spacial score (nSPS) is 12.2. The SMILES string of the molecule is Cc1ccncc1C(CN)Nc1cccc(Cl)c1. The standard InChI is InChI=1S/C14H16ClN3/c1-10-5-6-17-9-13(10)14(8-16)18-12-4-2-3-11(15)7-12/h2-7,9,14,18H,8,16H2,1H3. The van der Waals surface area contributed by atoms with Gasteiger partial charge in [-0.25, -0.2) is 0 Å². The highest BCUT2D eigenvalue weighted by Crippen LogP contribution is 2.22. The molecule has 0 radical (unpaired) electrons. The molecule has 18 heavy (non-hydrogen) atoms. The Morgan fingerprint density at radius 2 is 2.22 bits per heavy atom.